The summed E-state index contributed by atoms with van der Waals surface area (Å²) >= 11 is 8.30. The highest BCUT2D eigenvalue weighted by atomic mass is 32.1. The highest BCUT2D eigenvalue weighted by Gasteiger charge is 2.40. The molecule has 2 aromatic rings. The largest absolute Gasteiger partial charge is 0.508 e. The van der Waals surface area contributed by atoms with E-state index in [-0.39, 0.29) is 61.3 Å². The zero-order valence-electron chi connectivity index (χ0n) is 48.5. The summed E-state index contributed by atoms with van der Waals surface area (Å²) in [6.07, 6.45) is -3.44. The minimum Gasteiger partial charge on any atom is -0.508 e. The molecule has 3 rings (SSSR count). The number of rotatable bonds is 35. The zero-order valence-corrected chi connectivity index (χ0v) is 50.3. The summed E-state index contributed by atoms with van der Waals surface area (Å²) in [5, 5.41) is 80.0. The first-order valence-electron chi connectivity index (χ1n) is 27.7. The molecule has 480 valence electrons. The van der Waals surface area contributed by atoms with Crippen molar-refractivity contribution in [1.29, 1.82) is 0 Å². The highest BCUT2D eigenvalue weighted by Crippen LogP contribution is 2.21. The topological polar surface area (TPSA) is 481 Å². The van der Waals surface area contributed by atoms with E-state index in [2.05, 4.69) is 73.1 Å². The van der Waals surface area contributed by atoms with Gasteiger partial charge in [-0.05, 0) is 79.8 Å². The lowest BCUT2D eigenvalue weighted by Crippen LogP contribution is -2.61. The first kappa shape index (κ1) is 73.0. The predicted octanol–water partition coefficient (Wildman–Crippen LogP) is -3.44. The van der Waals surface area contributed by atoms with Crippen molar-refractivity contribution >= 4 is 102 Å². The van der Waals surface area contributed by atoms with Crippen LogP contribution in [0.5, 0.6) is 11.5 Å². The molecule has 87 heavy (non-hydrogen) atoms. The van der Waals surface area contributed by atoms with Gasteiger partial charge in [-0.1, -0.05) is 52.0 Å². The van der Waals surface area contributed by atoms with Gasteiger partial charge in [-0.3, -0.25) is 57.5 Å². The van der Waals surface area contributed by atoms with Crippen molar-refractivity contribution in [1.82, 2.24) is 52.8 Å². The van der Waals surface area contributed by atoms with Crippen LogP contribution < -0.4 is 53.6 Å². The lowest BCUT2D eigenvalue weighted by molar-refractivity contribution is -0.147. The van der Waals surface area contributed by atoms with Gasteiger partial charge in [-0.2, -0.15) is 25.3 Å². The van der Waals surface area contributed by atoms with Crippen molar-refractivity contribution in [3.8, 4) is 11.5 Å². The van der Waals surface area contributed by atoms with E-state index in [4.69, 9.17) is 10.8 Å². The molecule has 2 aromatic carbocycles. The van der Waals surface area contributed by atoms with Gasteiger partial charge in [0.25, 0.3) is 0 Å². The molecule has 17 N–H and O–H groups in total. The van der Waals surface area contributed by atoms with Crippen LogP contribution in [0, 0.1) is 11.8 Å². The van der Waals surface area contributed by atoms with Crippen molar-refractivity contribution in [2.24, 2.45) is 17.6 Å². The van der Waals surface area contributed by atoms with Crippen molar-refractivity contribution in [3.05, 3.63) is 59.7 Å². The third-order valence-electron chi connectivity index (χ3n) is 13.4. The lowest BCUT2D eigenvalue weighted by atomic mass is 10.0. The SMILES string of the molecule is CC(C)C[C@H](NC(=O)[C@H](CS)NC(=O)[C@@H](NC(=O)CNC(=O)[C@H](Cc1ccc(O)cc1)NC(=O)[C@H](Cc1ccc(O)cc1)NC(=O)[C@H](CC(=O)O)NC(=O)[C@H](CS)NC(=O)[C@@H]1CCCN1C(=O)[C@@H](N)CC(C)C)[C@@H](C)O)C(=O)N[C@@H](CC(=O)O)C(=O)O. The van der Waals surface area contributed by atoms with Crippen LogP contribution >= 0.6 is 25.3 Å². The number of nitrogens with zero attached hydrogens (tertiary/aromatic N) is 1. The number of hydrogen-bond acceptors (Lipinski definition) is 19. The van der Waals surface area contributed by atoms with Crippen molar-refractivity contribution in [2.75, 3.05) is 24.6 Å². The minimum absolute atomic E-state index is 0.0701. The van der Waals surface area contributed by atoms with Crippen molar-refractivity contribution < 1.29 is 93.0 Å². The summed E-state index contributed by atoms with van der Waals surface area (Å²) < 4.78 is 0. The van der Waals surface area contributed by atoms with E-state index in [1.807, 2.05) is 13.8 Å². The van der Waals surface area contributed by atoms with Gasteiger partial charge in [-0.25, -0.2) is 4.79 Å². The number of carboxylic acid groups (broad SMARTS) is 3. The van der Waals surface area contributed by atoms with Gasteiger partial charge < -0.3 is 89.1 Å². The number of phenolic OH excluding ortho intramolecular Hbond substituents is 2. The second kappa shape index (κ2) is 35.4. The van der Waals surface area contributed by atoms with E-state index in [9.17, 15) is 87.9 Å². The first-order valence-corrected chi connectivity index (χ1v) is 29.0. The third-order valence-corrected chi connectivity index (χ3v) is 14.1. The Hall–Kier alpha value is -8.23. The molecule has 0 saturated carbocycles. The average Bonchev–Trinajstić information content (AvgIpc) is 2.71. The summed E-state index contributed by atoms with van der Waals surface area (Å²) in [5.74, 6) is -16.0. The maximum absolute atomic E-state index is 14.4. The van der Waals surface area contributed by atoms with Crippen LogP contribution in [0.3, 0.4) is 0 Å². The molecule has 1 saturated heterocycles. The number of aromatic hydroxyl groups is 2. The molecule has 1 fully saturated rings. The standard InChI is InChI=1S/C55H79N11O19S2/c1-26(2)17-33(56)54(83)66-16-6-7-41(66)52(81)63-39(24-86)50(79)61-37(21-43(71)72)49(78)60-36(20-30-10-14-32(69)15-11-30)48(77)59-35(19-29-8-12-31(68)13-9-29)46(75)57-23-42(70)65-45(28(5)67)53(82)64-40(25-87)51(80)58-34(18-27(3)4)47(76)62-38(55(84)85)22-44(73)74/h8-15,26-28,33-41,45,67-69,86-87H,6-7,16-25,56H2,1-5H3,(H,57,75)(H,58,80)(H,59,77)(H,60,78)(H,61,79)(H,62,76)(H,63,81)(H,64,82)(H,65,70)(H,71,72)(H,73,74)(H,84,85)/t28-,33+,34+,35+,36+,37+,38+,39+,40+,41+,45+/m1/s1. The van der Waals surface area contributed by atoms with E-state index in [1.54, 1.807) is 13.8 Å². The van der Waals surface area contributed by atoms with E-state index >= 15 is 0 Å². The van der Waals surface area contributed by atoms with Gasteiger partial charge in [0.2, 0.25) is 59.1 Å². The minimum atomic E-state index is -1.92. The molecule has 0 radical (unpaired) electrons. The summed E-state index contributed by atoms with van der Waals surface area (Å²) in [6, 6.07) is -4.59. The van der Waals surface area contributed by atoms with E-state index < -0.39 is 169 Å². The fraction of sp³-hybridized carbons (Fsp3) is 0.545. The number of likely N-dealkylation sites (tertiary alicyclic amines) is 1. The number of thiol groups is 2. The highest BCUT2D eigenvalue weighted by molar-refractivity contribution is 7.80. The normalized spacial score (nSPS) is 16.4. The molecule has 11 atom stereocenters. The van der Waals surface area contributed by atoms with Gasteiger partial charge in [0.05, 0.1) is 31.5 Å². The summed E-state index contributed by atoms with van der Waals surface area (Å²) in [6.45, 7) is 7.51. The van der Waals surface area contributed by atoms with E-state index in [1.165, 1.54) is 53.4 Å². The number of carbonyl (C=O) groups excluding carboxylic acids is 10. The monoisotopic (exact) mass is 1260 g/mol. The third kappa shape index (κ3) is 24.6. The van der Waals surface area contributed by atoms with Crippen LogP contribution in [0.2, 0.25) is 0 Å². The smallest absolute Gasteiger partial charge is 0.326 e. The number of phenols is 2. The molecule has 0 unspecified atom stereocenters. The number of carbonyl (C=O) groups is 13. The molecular formula is C55H79N11O19S2. The Balaban J connectivity index is 1.84. The van der Waals surface area contributed by atoms with Crippen LogP contribution in [0.25, 0.3) is 0 Å². The number of aliphatic hydroxyl groups is 1. The van der Waals surface area contributed by atoms with Gasteiger partial charge >= 0.3 is 17.9 Å². The summed E-state index contributed by atoms with van der Waals surface area (Å²) in [7, 11) is 0. The lowest BCUT2D eigenvalue weighted by Gasteiger charge is -2.29. The quantitative estimate of drug-likeness (QED) is 0.0299. The Morgan fingerprint density at radius 3 is 1.43 bits per heavy atom. The Bertz CT molecular complexity index is 2770. The van der Waals surface area contributed by atoms with Crippen molar-refractivity contribution in [3.63, 3.8) is 0 Å². The summed E-state index contributed by atoms with van der Waals surface area (Å²) in [5.41, 5.74) is 6.78. The number of hydrogen-bond donors (Lipinski definition) is 18. The van der Waals surface area contributed by atoms with E-state index in [0.29, 0.717) is 24.0 Å². The maximum Gasteiger partial charge on any atom is 0.326 e. The molecular weight excluding hydrogens is 1180 g/mol. The fourth-order valence-corrected chi connectivity index (χ4v) is 9.45. The second-order valence-electron chi connectivity index (χ2n) is 21.6. The Morgan fingerprint density at radius 2 is 0.954 bits per heavy atom. The van der Waals surface area contributed by atoms with Crippen LogP contribution in [0.15, 0.2) is 48.5 Å². The fourth-order valence-electron chi connectivity index (χ4n) is 8.94. The number of aliphatic carboxylic acids is 3. The van der Waals surface area contributed by atoms with Crippen LogP contribution in [-0.2, 0) is 75.2 Å². The second-order valence-corrected chi connectivity index (χ2v) is 22.4. The maximum atomic E-state index is 14.4. The molecule has 30 nitrogen and oxygen atoms in total. The molecule has 0 aromatic heterocycles. The number of carboxylic acids is 3. The molecule has 10 amide bonds. The van der Waals surface area contributed by atoms with Gasteiger partial charge in [0, 0.05) is 30.9 Å². The first-order chi connectivity index (χ1) is 40.8. The average molecular weight is 1260 g/mol. The number of benzene rings is 2. The van der Waals surface area contributed by atoms with Crippen LogP contribution in [0.1, 0.15) is 84.3 Å². The molecule has 0 bridgehead atoms. The molecule has 32 heteroatoms. The number of amides is 10. The van der Waals surface area contributed by atoms with Crippen molar-refractivity contribution in [2.45, 2.75) is 153 Å². The molecule has 1 heterocycles. The molecule has 0 spiro atoms. The Labute approximate surface area is 511 Å². The Kier molecular flexibility index (Phi) is 29.7. The van der Waals surface area contributed by atoms with Crippen LogP contribution in [0.4, 0.5) is 0 Å². The van der Waals surface area contributed by atoms with Crippen LogP contribution in [-0.4, -0.2) is 204 Å². The molecule has 0 aliphatic carbocycles. The predicted molar refractivity (Wildman–Crippen MR) is 315 cm³/mol. The molecule has 1 aliphatic heterocycles. The number of aliphatic hydroxyl groups excluding tert-OH is 1. The summed E-state index contributed by atoms with van der Waals surface area (Å²) in [4.78, 5) is 173. The number of nitrogens with two attached hydrogens (primary N) is 1. The molecule has 1 aliphatic rings. The van der Waals surface area contributed by atoms with Gasteiger partial charge in [0.15, 0.2) is 0 Å². The van der Waals surface area contributed by atoms with Gasteiger partial charge in [0.1, 0.15) is 65.9 Å². The van der Waals surface area contributed by atoms with E-state index in [0.717, 1.165) is 6.92 Å². The Morgan fingerprint density at radius 1 is 0.540 bits per heavy atom. The number of nitrogens with one attached hydrogen (secondary N) is 9. The van der Waals surface area contributed by atoms with Gasteiger partial charge in [-0.15, -0.1) is 0 Å². The zero-order chi connectivity index (χ0) is 65.4.